The maximum absolute atomic E-state index is 5.70. The fourth-order valence-electron chi connectivity index (χ4n) is 2.99. The van der Waals surface area contributed by atoms with Gasteiger partial charge in [0.25, 0.3) is 0 Å². The summed E-state index contributed by atoms with van der Waals surface area (Å²) in [5.74, 6) is 1.68. The monoisotopic (exact) mass is 271 g/mol. The van der Waals surface area contributed by atoms with Gasteiger partial charge in [-0.3, -0.25) is 0 Å². The number of imidazole rings is 1. The molecule has 1 aromatic heterocycles. The molecule has 104 valence electrons. The van der Waals surface area contributed by atoms with Crippen molar-refractivity contribution in [2.24, 2.45) is 0 Å². The summed E-state index contributed by atoms with van der Waals surface area (Å²) in [6.45, 7) is 4.29. The van der Waals surface area contributed by atoms with Gasteiger partial charge in [-0.05, 0) is 30.2 Å². The van der Waals surface area contributed by atoms with E-state index < -0.39 is 0 Å². The molecule has 0 spiro atoms. The standard InChI is InChI=1S/C15H17N3O2/c1-9-6-12-13(20-5-4-19-12)7-10(9)14-15-11(2-3-16-14)17-8-18-15/h6-8,14,16H,2-5H2,1H3,(H,17,18). The molecule has 4 rings (SSSR count). The van der Waals surface area contributed by atoms with Crippen molar-refractivity contribution < 1.29 is 9.47 Å². The average molecular weight is 271 g/mol. The van der Waals surface area contributed by atoms with Crippen molar-refractivity contribution in [3.8, 4) is 11.5 Å². The first-order chi connectivity index (χ1) is 9.83. The lowest BCUT2D eigenvalue weighted by Gasteiger charge is -2.27. The third-order valence-electron chi connectivity index (χ3n) is 3.99. The smallest absolute Gasteiger partial charge is 0.161 e. The number of nitrogens with zero attached hydrogens (tertiary/aromatic N) is 1. The number of H-pyrrole nitrogens is 1. The van der Waals surface area contributed by atoms with Crippen LogP contribution in [0.15, 0.2) is 18.5 Å². The third-order valence-corrected chi connectivity index (χ3v) is 3.99. The molecule has 0 saturated heterocycles. The summed E-state index contributed by atoms with van der Waals surface area (Å²) < 4.78 is 11.3. The molecular formula is C15H17N3O2. The molecule has 0 saturated carbocycles. The van der Waals surface area contributed by atoms with E-state index >= 15 is 0 Å². The number of aryl methyl sites for hydroxylation is 1. The van der Waals surface area contributed by atoms with Crippen LogP contribution in [0, 0.1) is 6.92 Å². The van der Waals surface area contributed by atoms with Crippen LogP contribution in [0.3, 0.4) is 0 Å². The van der Waals surface area contributed by atoms with Gasteiger partial charge < -0.3 is 19.8 Å². The Morgan fingerprint density at radius 1 is 1.20 bits per heavy atom. The van der Waals surface area contributed by atoms with E-state index in [9.17, 15) is 0 Å². The summed E-state index contributed by atoms with van der Waals surface area (Å²) in [5.41, 5.74) is 4.73. The molecule has 0 radical (unpaired) electrons. The van der Waals surface area contributed by atoms with Crippen molar-refractivity contribution in [1.82, 2.24) is 15.3 Å². The highest BCUT2D eigenvalue weighted by Gasteiger charge is 2.26. The Hall–Kier alpha value is -2.01. The summed E-state index contributed by atoms with van der Waals surface area (Å²) in [6.07, 6.45) is 2.77. The predicted molar refractivity (Wildman–Crippen MR) is 74.3 cm³/mol. The minimum atomic E-state index is 0.126. The van der Waals surface area contributed by atoms with E-state index in [0.717, 1.165) is 30.2 Å². The normalized spacial score (nSPS) is 20.6. The SMILES string of the molecule is Cc1cc2c(cc1C1NCCc3[nH]cnc31)OCCO2. The Morgan fingerprint density at radius 2 is 2.00 bits per heavy atom. The Labute approximate surface area is 117 Å². The van der Waals surface area contributed by atoms with E-state index in [2.05, 4.69) is 34.3 Å². The van der Waals surface area contributed by atoms with Gasteiger partial charge in [0.2, 0.25) is 0 Å². The van der Waals surface area contributed by atoms with Gasteiger partial charge in [0.1, 0.15) is 13.2 Å². The Kier molecular flexibility index (Phi) is 2.67. The molecule has 3 heterocycles. The number of hydrogen-bond acceptors (Lipinski definition) is 4. The lowest BCUT2D eigenvalue weighted by molar-refractivity contribution is 0.171. The van der Waals surface area contributed by atoms with Gasteiger partial charge in [0.15, 0.2) is 11.5 Å². The van der Waals surface area contributed by atoms with Crippen LogP contribution < -0.4 is 14.8 Å². The summed E-state index contributed by atoms with van der Waals surface area (Å²) in [5, 5.41) is 3.55. The number of rotatable bonds is 1. The molecule has 5 nitrogen and oxygen atoms in total. The first kappa shape index (κ1) is 11.8. The number of benzene rings is 1. The largest absolute Gasteiger partial charge is 0.486 e. The van der Waals surface area contributed by atoms with Crippen LogP contribution in [-0.2, 0) is 6.42 Å². The molecular weight excluding hydrogens is 254 g/mol. The summed E-state index contributed by atoms with van der Waals surface area (Å²) in [7, 11) is 0. The topological polar surface area (TPSA) is 59.2 Å². The summed E-state index contributed by atoms with van der Waals surface area (Å²) in [4.78, 5) is 7.71. The maximum Gasteiger partial charge on any atom is 0.161 e. The van der Waals surface area contributed by atoms with E-state index in [1.807, 2.05) is 0 Å². The summed E-state index contributed by atoms with van der Waals surface area (Å²) >= 11 is 0. The molecule has 2 aliphatic heterocycles. The van der Waals surface area contributed by atoms with Crippen molar-refractivity contribution >= 4 is 0 Å². The van der Waals surface area contributed by atoms with Crippen molar-refractivity contribution in [3.63, 3.8) is 0 Å². The van der Waals surface area contributed by atoms with E-state index in [1.165, 1.54) is 16.8 Å². The summed E-state index contributed by atoms with van der Waals surface area (Å²) in [6, 6.07) is 4.28. The number of nitrogens with one attached hydrogen (secondary N) is 2. The molecule has 20 heavy (non-hydrogen) atoms. The van der Waals surface area contributed by atoms with Gasteiger partial charge in [-0.25, -0.2) is 4.98 Å². The van der Waals surface area contributed by atoms with Crippen LogP contribution in [0.1, 0.15) is 28.6 Å². The fraction of sp³-hybridized carbons (Fsp3) is 0.400. The Morgan fingerprint density at radius 3 is 2.85 bits per heavy atom. The van der Waals surface area contributed by atoms with Crippen LogP contribution >= 0.6 is 0 Å². The van der Waals surface area contributed by atoms with Crippen LogP contribution in [-0.4, -0.2) is 29.7 Å². The minimum Gasteiger partial charge on any atom is -0.486 e. The molecule has 2 aliphatic rings. The highest BCUT2D eigenvalue weighted by atomic mass is 16.6. The minimum absolute atomic E-state index is 0.126. The maximum atomic E-state index is 5.70. The van der Waals surface area contributed by atoms with E-state index in [0.29, 0.717) is 13.2 Å². The second kappa shape index (κ2) is 4.52. The zero-order valence-corrected chi connectivity index (χ0v) is 11.4. The molecule has 2 aromatic rings. The number of aromatic amines is 1. The van der Waals surface area contributed by atoms with Gasteiger partial charge in [0, 0.05) is 18.7 Å². The van der Waals surface area contributed by atoms with Crippen LogP contribution in [0.4, 0.5) is 0 Å². The van der Waals surface area contributed by atoms with Crippen LogP contribution in [0.5, 0.6) is 11.5 Å². The second-order valence-electron chi connectivity index (χ2n) is 5.26. The molecule has 5 heteroatoms. The van der Waals surface area contributed by atoms with E-state index in [-0.39, 0.29) is 6.04 Å². The van der Waals surface area contributed by atoms with Gasteiger partial charge in [-0.1, -0.05) is 0 Å². The quantitative estimate of drug-likeness (QED) is 0.829. The van der Waals surface area contributed by atoms with Gasteiger partial charge in [-0.2, -0.15) is 0 Å². The fourth-order valence-corrected chi connectivity index (χ4v) is 2.99. The van der Waals surface area contributed by atoms with Crippen molar-refractivity contribution in [1.29, 1.82) is 0 Å². The van der Waals surface area contributed by atoms with Crippen molar-refractivity contribution in [2.75, 3.05) is 19.8 Å². The third kappa shape index (κ3) is 1.78. The molecule has 1 unspecified atom stereocenters. The zero-order chi connectivity index (χ0) is 13.5. The highest BCUT2D eigenvalue weighted by molar-refractivity contribution is 5.50. The van der Waals surface area contributed by atoms with Crippen LogP contribution in [0.2, 0.25) is 0 Å². The van der Waals surface area contributed by atoms with Gasteiger partial charge in [-0.15, -0.1) is 0 Å². The van der Waals surface area contributed by atoms with E-state index in [1.54, 1.807) is 6.33 Å². The average Bonchev–Trinajstić information content (AvgIpc) is 2.95. The molecule has 2 N–H and O–H groups in total. The van der Waals surface area contributed by atoms with E-state index in [4.69, 9.17) is 9.47 Å². The first-order valence-corrected chi connectivity index (χ1v) is 6.98. The molecule has 1 atom stereocenters. The Bertz CT molecular complexity index is 651. The lowest BCUT2D eigenvalue weighted by atomic mass is 9.94. The molecule has 0 bridgehead atoms. The van der Waals surface area contributed by atoms with Crippen molar-refractivity contribution in [3.05, 3.63) is 41.0 Å². The van der Waals surface area contributed by atoms with Gasteiger partial charge in [0.05, 0.1) is 18.1 Å². The number of ether oxygens (including phenoxy) is 2. The van der Waals surface area contributed by atoms with Crippen LogP contribution in [0.25, 0.3) is 0 Å². The van der Waals surface area contributed by atoms with Crippen molar-refractivity contribution in [2.45, 2.75) is 19.4 Å². The zero-order valence-electron chi connectivity index (χ0n) is 11.4. The molecule has 0 aliphatic carbocycles. The number of fused-ring (bicyclic) bond motifs is 2. The molecule has 0 fully saturated rings. The Balaban J connectivity index is 1.80. The first-order valence-electron chi connectivity index (χ1n) is 6.98. The number of aromatic nitrogens is 2. The van der Waals surface area contributed by atoms with Gasteiger partial charge >= 0.3 is 0 Å². The molecule has 0 amide bonds. The predicted octanol–water partition coefficient (Wildman–Crippen LogP) is 1.72. The molecule has 1 aromatic carbocycles. The highest BCUT2D eigenvalue weighted by Crippen LogP contribution is 2.37. The lowest BCUT2D eigenvalue weighted by Crippen LogP contribution is -2.31. The second-order valence-corrected chi connectivity index (χ2v) is 5.26. The number of hydrogen-bond donors (Lipinski definition) is 2.